The average molecular weight is 242 g/mol. The lowest BCUT2D eigenvalue weighted by molar-refractivity contribution is 0.104. The van der Waals surface area contributed by atoms with Crippen molar-refractivity contribution in [2.75, 3.05) is 6.61 Å². The van der Waals surface area contributed by atoms with Gasteiger partial charge in [-0.05, 0) is 18.1 Å². The van der Waals surface area contributed by atoms with Gasteiger partial charge in [-0.1, -0.05) is 55.5 Å². The molecule has 0 saturated carbocycles. The van der Waals surface area contributed by atoms with E-state index in [0.717, 1.165) is 16.9 Å². The molecule has 2 nitrogen and oxygen atoms in total. The summed E-state index contributed by atoms with van der Waals surface area (Å²) in [7, 11) is 0. The molecule has 2 aromatic carbocycles. The Morgan fingerprint density at radius 3 is 2.39 bits per heavy atom. The molecule has 0 spiro atoms. The van der Waals surface area contributed by atoms with Gasteiger partial charge < -0.3 is 9.84 Å². The number of aliphatic hydroxyl groups is 1. The van der Waals surface area contributed by atoms with Crippen LogP contribution in [0.25, 0.3) is 11.1 Å². The van der Waals surface area contributed by atoms with Crippen molar-refractivity contribution < 1.29 is 9.84 Å². The van der Waals surface area contributed by atoms with Gasteiger partial charge in [-0.15, -0.1) is 0 Å². The number of para-hydroxylation sites is 1. The normalized spacial score (nSPS) is 12.1. The summed E-state index contributed by atoms with van der Waals surface area (Å²) in [4.78, 5) is 0. The van der Waals surface area contributed by atoms with Crippen LogP contribution in [0.15, 0.2) is 54.6 Å². The molecule has 0 bridgehead atoms. The first kappa shape index (κ1) is 12.7. The lowest BCUT2D eigenvalue weighted by Gasteiger charge is -2.14. The van der Waals surface area contributed by atoms with E-state index in [-0.39, 0.29) is 0 Å². The summed E-state index contributed by atoms with van der Waals surface area (Å²) >= 11 is 0. The number of hydrogen-bond donors (Lipinski definition) is 1. The zero-order valence-electron chi connectivity index (χ0n) is 10.5. The van der Waals surface area contributed by atoms with Gasteiger partial charge in [0.05, 0.1) is 6.10 Å². The van der Waals surface area contributed by atoms with Crippen LogP contribution in [0, 0.1) is 0 Å². The van der Waals surface area contributed by atoms with Crippen LogP contribution in [0.2, 0.25) is 0 Å². The fraction of sp³-hybridized carbons (Fsp3) is 0.250. The molecular formula is C16H18O2. The Balaban J connectivity index is 2.21. The average Bonchev–Trinajstić information content (AvgIpc) is 2.46. The molecule has 0 aliphatic rings. The predicted octanol–water partition coefficient (Wildman–Crippen LogP) is 3.50. The van der Waals surface area contributed by atoms with Crippen molar-refractivity contribution in [3.63, 3.8) is 0 Å². The molecule has 0 aliphatic heterocycles. The molecule has 18 heavy (non-hydrogen) atoms. The van der Waals surface area contributed by atoms with Gasteiger partial charge in [0, 0.05) is 5.56 Å². The second-order valence-electron chi connectivity index (χ2n) is 4.24. The van der Waals surface area contributed by atoms with E-state index in [1.807, 2.05) is 49.4 Å². The largest absolute Gasteiger partial charge is 0.490 e. The van der Waals surface area contributed by atoms with Crippen LogP contribution in [0.5, 0.6) is 5.75 Å². The summed E-state index contributed by atoms with van der Waals surface area (Å²) in [6.07, 6.45) is 0.293. The number of benzene rings is 2. The number of rotatable bonds is 5. The van der Waals surface area contributed by atoms with Gasteiger partial charge in [0.1, 0.15) is 12.4 Å². The zero-order chi connectivity index (χ0) is 12.8. The maximum atomic E-state index is 9.56. The van der Waals surface area contributed by atoms with Gasteiger partial charge in [-0.2, -0.15) is 0 Å². The van der Waals surface area contributed by atoms with Gasteiger partial charge in [-0.25, -0.2) is 0 Å². The molecule has 2 heteroatoms. The van der Waals surface area contributed by atoms with E-state index >= 15 is 0 Å². The molecule has 0 heterocycles. The second-order valence-corrected chi connectivity index (χ2v) is 4.24. The SMILES string of the molecule is CC[C@H](O)COc1ccccc1-c1ccccc1. The van der Waals surface area contributed by atoms with Crippen LogP contribution < -0.4 is 4.74 Å². The van der Waals surface area contributed by atoms with Crippen LogP contribution in [0.4, 0.5) is 0 Å². The third-order valence-corrected chi connectivity index (χ3v) is 2.87. The quantitative estimate of drug-likeness (QED) is 0.869. The summed E-state index contributed by atoms with van der Waals surface area (Å²) in [6, 6.07) is 18.0. The van der Waals surface area contributed by atoms with Gasteiger partial charge in [-0.3, -0.25) is 0 Å². The lowest BCUT2D eigenvalue weighted by Crippen LogP contribution is -2.16. The Hall–Kier alpha value is -1.80. The molecule has 0 aliphatic carbocycles. The van der Waals surface area contributed by atoms with Gasteiger partial charge in [0.15, 0.2) is 0 Å². The third kappa shape index (κ3) is 3.11. The molecule has 0 saturated heterocycles. The van der Waals surface area contributed by atoms with Crippen molar-refractivity contribution in [2.45, 2.75) is 19.4 Å². The molecular weight excluding hydrogens is 224 g/mol. The molecule has 0 amide bonds. The highest BCUT2D eigenvalue weighted by molar-refractivity contribution is 5.70. The summed E-state index contributed by atoms with van der Waals surface area (Å²) in [5.41, 5.74) is 2.18. The molecule has 0 fully saturated rings. The van der Waals surface area contributed by atoms with Crippen LogP contribution >= 0.6 is 0 Å². The Kier molecular flexibility index (Phi) is 4.37. The predicted molar refractivity (Wildman–Crippen MR) is 73.7 cm³/mol. The first-order chi connectivity index (χ1) is 8.81. The fourth-order valence-electron chi connectivity index (χ4n) is 1.75. The fourth-order valence-corrected chi connectivity index (χ4v) is 1.75. The highest BCUT2D eigenvalue weighted by Gasteiger charge is 2.07. The molecule has 1 N–H and O–H groups in total. The van der Waals surface area contributed by atoms with Crippen LogP contribution in [0.1, 0.15) is 13.3 Å². The number of hydrogen-bond acceptors (Lipinski definition) is 2. The van der Waals surface area contributed by atoms with Crippen molar-refractivity contribution in [1.29, 1.82) is 0 Å². The van der Waals surface area contributed by atoms with Crippen molar-refractivity contribution in [3.8, 4) is 16.9 Å². The molecule has 94 valence electrons. The smallest absolute Gasteiger partial charge is 0.127 e. The minimum atomic E-state index is -0.408. The number of ether oxygens (including phenoxy) is 1. The van der Waals surface area contributed by atoms with Crippen molar-refractivity contribution in [2.24, 2.45) is 0 Å². The minimum Gasteiger partial charge on any atom is -0.490 e. The maximum Gasteiger partial charge on any atom is 0.127 e. The minimum absolute atomic E-state index is 0.334. The summed E-state index contributed by atoms with van der Waals surface area (Å²) in [5.74, 6) is 0.816. The molecule has 2 rings (SSSR count). The van der Waals surface area contributed by atoms with Gasteiger partial charge >= 0.3 is 0 Å². The van der Waals surface area contributed by atoms with E-state index in [0.29, 0.717) is 13.0 Å². The van der Waals surface area contributed by atoms with E-state index < -0.39 is 6.10 Å². The molecule has 0 aromatic heterocycles. The van der Waals surface area contributed by atoms with E-state index in [9.17, 15) is 5.11 Å². The first-order valence-corrected chi connectivity index (χ1v) is 6.26. The van der Waals surface area contributed by atoms with Crippen molar-refractivity contribution >= 4 is 0 Å². The first-order valence-electron chi connectivity index (χ1n) is 6.26. The highest BCUT2D eigenvalue weighted by Crippen LogP contribution is 2.29. The lowest BCUT2D eigenvalue weighted by atomic mass is 10.1. The van der Waals surface area contributed by atoms with Crippen LogP contribution in [-0.2, 0) is 0 Å². The molecule has 0 unspecified atom stereocenters. The van der Waals surface area contributed by atoms with Gasteiger partial charge in [0.2, 0.25) is 0 Å². The Labute approximate surface area is 108 Å². The Bertz CT molecular complexity index is 479. The highest BCUT2D eigenvalue weighted by atomic mass is 16.5. The number of aliphatic hydroxyl groups excluding tert-OH is 1. The van der Waals surface area contributed by atoms with Crippen molar-refractivity contribution in [3.05, 3.63) is 54.6 Å². The molecule has 0 radical (unpaired) electrons. The summed E-state index contributed by atoms with van der Waals surface area (Å²) in [5, 5.41) is 9.56. The van der Waals surface area contributed by atoms with Crippen molar-refractivity contribution in [1.82, 2.24) is 0 Å². The van der Waals surface area contributed by atoms with Gasteiger partial charge in [0.25, 0.3) is 0 Å². The third-order valence-electron chi connectivity index (χ3n) is 2.87. The topological polar surface area (TPSA) is 29.5 Å². The Morgan fingerprint density at radius 1 is 1.00 bits per heavy atom. The standard InChI is InChI=1S/C16H18O2/c1-2-14(17)12-18-16-11-7-6-10-15(16)13-8-4-3-5-9-13/h3-11,14,17H,2,12H2,1H3/t14-/m0/s1. The van der Waals surface area contributed by atoms with Crippen LogP contribution in [-0.4, -0.2) is 17.8 Å². The second kappa shape index (κ2) is 6.22. The Morgan fingerprint density at radius 2 is 1.67 bits per heavy atom. The summed E-state index contributed by atoms with van der Waals surface area (Å²) in [6.45, 7) is 2.28. The van der Waals surface area contributed by atoms with Crippen LogP contribution in [0.3, 0.4) is 0 Å². The van der Waals surface area contributed by atoms with E-state index in [1.54, 1.807) is 0 Å². The molecule has 1 atom stereocenters. The monoisotopic (exact) mass is 242 g/mol. The van der Waals surface area contributed by atoms with E-state index in [1.165, 1.54) is 0 Å². The summed E-state index contributed by atoms with van der Waals surface area (Å²) < 4.78 is 5.69. The van der Waals surface area contributed by atoms with E-state index in [2.05, 4.69) is 12.1 Å². The molecule has 2 aromatic rings. The van der Waals surface area contributed by atoms with E-state index in [4.69, 9.17) is 4.74 Å². The maximum absolute atomic E-state index is 9.56. The zero-order valence-corrected chi connectivity index (χ0v) is 10.5.